The summed E-state index contributed by atoms with van der Waals surface area (Å²) < 4.78 is 7.48. The van der Waals surface area contributed by atoms with Crippen molar-refractivity contribution in [1.29, 1.82) is 0 Å². The minimum absolute atomic E-state index is 0.250. The van der Waals surface area contributed by atoms with Crippen LogP contribution in [-0.4, -0.2) is 17.1 Å². The van der Waals surface area contributed by atoms with Crippen molar-refractivity contribution in [2.45, 2.75) is 99.0 Å². The predicted octanol–water partition coefficient (Wildman–Crippen LogP) is 8.88. The molecule has 3 heteroatoms. The number of nitrogens with zero attached hydrogens (tertiary/aromatic N) is 1. The smallest absolute Gasteiger partial charge is 0.354 e. The van der Waals surface area contributed by atoms with Gasteiger partial charge in [0.25, 0.3) is 0 Å². The van der Waals surface area contributed by atoms with Crippen molar-refractivity contribution >= 4 is 16.9 Å². The SMILES string of the molecule is CCOC(=O)c1cc2cc(CCCCCCCCCC(C)(C)C)ccc2n1Cc1cccc(C)c1. The summed E-state index contributed by atoms with van der Waals surface area (Å²) in [6.07, 6.45) is 11.7. The van der Waals surface area contributed by atoms with E-state index in [0.717, 1.165) is 17.3 Å². The number of fused-ring (bicyclic) bond motifs is 1. The number of hydrogen-bond acceptors (Lipinski definition) is 2. The molecule has 0 radical (unpaired) electrons. The highest BCUT2D eigenvalue weighted by atomic mass is 16.5. The maximum Gasteiger partial charge on any atom is 0.354 e. The zero-order chi connectivity index (χ0) is 25.3. The summed E-state index contributed by atoms with van der Waals surface area (Å²) in [7, 11) is 0. The molecule has 0 atom stereocenters. The van der Waals surface area contributed by atoms with Crippen molar-refractivity contribution in [3.63, 3.8) is 0 Å². The molecular formula is C32H45NO2. The third-order valence-corrected chi connectivity index (χ3v) is 6.77. The third-order valence-electron chi connectivity index (χ3n) is 6.77. The van der Waals surface area contributed by atoms with Crippen molar-refractivity contribution in [2.75, 3.05) is 6.61 Å². The zero-order valence-corrected chi connectivity index (χ0v) is 22.7. The van der Waals surface area contributed by atoms with Gasteiger partial charge in [0.1, 0.15) is 5.69 Å². The van der Waals surface area contributed by atoms with Gasteiger partial charge in [-0.3, -0.25) is 0 Å². The highest BCUT2D eigenvalue weighted by molar-refractivity contribution is 5.96. The van der Waals surface area contributed by atoms with E-state index in [1.165, 1.54) is 68.1 Å². The Morgan fingerprint density at radius 2 is 1.57 bits per heavy atom. The van der Waals surface area contributed by atoms with Crippen LogP contribution in [0.2, 0.25) is 0 Å². The molecular weight excluding hydrogens is 430 g/mol. The van der Waals surface area contributed by atoms with Gasteiger partial charge in [-0.15, -0.1) is 0 Å². The molecule has 1 aromatic heterocycles. The molecule has 0 aliphatic heterocycles. The van der Waals surface area contributed by atoms with Crippen molar-refractivity contribution in [1.82, 2.24) is 4.57 Å². The van der Waals surface area contributed by atoms with Crippen LogP contribution < -0.4 is 0 Å². The zero-order valence-electron chi connectivity index (χ0n) is 22.7. The lowest BCUT2D eigenvalue weighted by Crippen LogP contribution is -2.13. The van der Waals surface area contributed by atoms with Crippen LogP contribution in [-0.2, 0) is 17.7 Å². The Kier molecular flexibility index (Phi) is 10.0. The van der Waals surface area contributed by atoms with E-state index in [4.69, 9.17) is 4.74 Å². The molecule has 190 valence electrons. The lowest BCUT2D eigenvalue weighted by atomic mass is 9.89. The van der Waals surface area contributed by atoms with Gasteiger partial charge in [-0.1, -0.05) is 95.2 Å². The van der Waals surface area contributed by atoms with Gasteiger partial charge in [0.2, 0.25) is 0 Å². The second-order valence-corrected chi connectivity index (χ2v) is 11.3. The molecule has 0 aliphatic carbocycles. The third kappa shape index (κ3) is 8.56. The summed E-state index contributed by atoms with van der Waals surface area (Å²) in [6.45, 7) is 12.0. The number of carbonyl (C=O) groups is 1. The number of rotatable bonds is 13. The Morgan fingerprint density at radius 3 is 2.26 bits per heavy atom. The molecule has 35 heavy (non-hydrogen) atoms. The Balaban J connectivity index is 1.58. The average molecular weight is 476 g/mol. The fourth-order valence-electron chi connectivity index (χ4n) is 4.88. The summed E-state index contributed by atoms with van der Waals surface area (Å²) in [5.41, 5.74) is 5.96. The maximum absolute atomic E-state index is 12.7. The van der Waals surface area contributed by atoms with Gasteiger partial charge in [-0.05, 0) is 67.9 Å². The number of hydrogen-bond donors (Lipinski definition) is 0. The Hall–Kier alpha value is -2.55. The second kappa shape index (κ2) is 13.0. The van der Waals surface area contributed by atoms with Crippen LogP contribution in [0.15, 0.2) is 48.5 Å². The first kappa shape index (κ1) is 27.0. The van der Waals surface area contributed by atoms with Crippen LogP contribution in [0, 0.1) is 12.3 Å². The lowest BCUT2D eigenvalue weighted by Gasteiger charge is -2.17. The molecule has 0 aliphatic rings. The molecule has 0 spiro atoms. The van der Waals surface area contributed by atoms with Crippen LogP contribution in [0.1, 0.15) is 106 Å². The molecule has 0 bridgehead atoms. The van der Waals surface area contributed by atoms with Crippen molar-refractivity contribution in [2.24, 2.45) is 5.41 Å². The number of benzene rings is 2. The van der Waals surface area contributed by atoms with Crippen molar-refractivity contribution in [3.8, 4) is 0 Å². The van der Waals surface area contributed by atoms with E-state index in [9.17, 15) is 4.79 Å². The van der Waals surface area contributed by atoms with Crippen molar-refractivity contribution in [3.05, 3.63) is 70.9 Å². The first-order valence-corrected chi connectivity index (χ1v) is 13.6. The minimum Gasteiger partial charge on any atom is -0.461 e. The van der Waals surface area contributed by atoms with E-state index in [1.54, 1.807) is 0 Å². The molecule has 3 aromatic rings. The lowest BCUT2D eigenvalue weighted by molar-refractivity contribution is 0.0515. The van der Waals surface area contributed by atoms with E-state index in [0.29, 0.717) is 24.3 Å². The number of carbonyl (C=O) groups excluding carboxylic acids is 1. The van der Waals surface area contributed by atoms with E-state index < -0.39 is 0 Å². The number of aryl methyl sites for hydroxylation is 2. The summed E-state index contributed by atoms with van der Waals surface area (Å²) >= 11 is 0. The van der Waals surface area contributed by atoms with E-state index in [-0.39, 0.29) is 5.97 Å². The van der Waals surface area contributed by atoms with E-state index >= 15 is 0 Å². The first-order valence-electron chi connectivity index (χ1n) is 13.6. The van der Waals surface area contributed by atoms with Crippen LogP contribution in [0.3, 0.4) is 0 Å². The number of aromatic nitrogens is 1. The summed E-state index contributed by atoms with van der Waals surface area (Å²) in [5.74, 6) is -0.250. The number of esters is 1. The van der Waals surface area contributed by atoms with Crippen LogP contribution >= 0.6 is 0 Å². The maximum atomic E-state index is 12.7. The van der Waals surface area contributed by atoms with E-state index in [2.05, 4.69) is 74.7 Å². The van der Waals surface area contributed by atoms with Crippen molar-refractivity contribution < 1.29 is 9.53 Å². The Morgan fingerprint density at radius 1 is 0.857 bits per heavy atom. The summed E-state index contributed by atoms with van der Waals surface area (Å²) in [5, 5.41) is 1.12. The molecule has 0 N–H and O–H groups in total. The van der Waals surface area contributed by atoms with Gasteiger partial charge in [0.05, 0.1) is 6.61 Å². The molecule has 3 rings (SSSR count). The standard InChI is InChI=1S/C32H45NO2/c1-6-35-31(34)30-23-28-22-26(16-12-10-8-7-9-11-13-20-32(3,4)5)18-19-29(28)33(30)24-27-17-14-15-25(2)21-27/h14-15,17-19,21-23H,6-13,16,20,24H2,1-5H3. The molecule has 1 heterocycles. The van der Waals surface area contributed by atoms with Gasteiger partial charge < -0.3 is 9.30 Å². The quantitative estimate of drug-likeness (QED) is 0.182. The van der Waals surface area contributed by atoms with Crippen LogP contribution in [0.5, 0.6) is 0 Å². The highest BCUT2D eigenvalue weighted by Crippen LogP contribution is 2.25. The molecule has 0 fully saturated rings. The van der Waals surface area contributed by atoms with Crippen LogP contribution in [0.25, 0.3) is 10.9 Å². The normalized spacial score (nSPS) is 11.8. The van der Waals surface area contributed by atoms with Gasteiger partial charge in [0.15, 0.2) is 0 Å². The fourth-order valence-corrected chi connectivity index (χ4v) is 4.88. The largest absolute Gasteiger partial charge is 0.461 e. The summed E-state index contributed by atoms with van der Waals surface area (Å²) in [4.78, 5) is 12.7. The van der Waals surface area contributed by atoms with Gasteiger partial charge in [-0.2, -0.15) is 0 Å². The monoisotopic (exact) mass is 475 g/mol. The topological polar surface area (TPSA) is 31.2 Å². The van der Waals surface area contributed by atoms with Crippen LogP contribution in [0.4, 0.5) is 0 Å². The van der Waals surface area contributed by atoms with Gasteiger partial charge in [0, 0.05) is 17.4 Å². The Labute approximate surface area is 212 Å². The van der Waals surface area contributed by atoms with Gasteiger partial charge >= 0.3 is 5.97 Å². The predicted molar refractivity (Wildman–Crippen MR) is 148 cm³/mol. The first-order chi connectivity index (χ1) is 16.8. The fraction of sp³-hybridized carbons (Fsp3) is 0.531. The van der Waals surface area contributed by atoms with E-state index in [1.807, 2.05) is 13.0 Å². The molecule has 0 unspecified atom stereocenters. The average Bonchev–Trinajstić information content (AvgIpc) is 3.15. The summed E-state index contributed by atoms with van der Waals surface area (Å²) in [6, 6.07) is 17.1. The molecule has 0 saturated heterocycles. The number of ether oxygens (including phenoxy) is 1. The second-order valence-electron chi connectivity index (χ2n) is 11.3. The molecule has 2 aromatic carbocycles. The molecule has 0 saturated carbocycles. The molecule has 3 nitrogen and oxygen atoms in total. The molecule has 0 amide bonds. The Bertz CT molecular complexity index is 1090. The minimum atomic E-state index is -0.250. The van der Waals surface area contributed by atoms with Gasteiger partial charge in [-0.25, -0.2) is 4.79 Å². The number of unbranched alkanes of at least 4 members (excludes halogenated alkanes) is 6. The highest BCUT2D eigenvalue weighted by Gasteiger charge is 2.17.